The third-order valence-corrected chi connectivity index (χ3v) is 7.20. The number of aromatic nitrogens is 3. The van der Waals surface area contributed by atoms with Gasteiger partial charge in [0, 0.05) is 24.0 Å². The molecule has 7 heteroatoms. The lowest BCUT2D eigenvalue weighted by atomic mass is 10.1. The number of hydrogen-bond donors (Lipinski definition) is 1. The van der Waals surface area contributed by atoms with E-state index >= 15 is 0 Å². The van der Waals surface area contributed by atoms with Crippen LogP contribution in [0.4, 0.5) is 5.69 Å². The topological polar surface area (TPSA) is 76.9 Å². The summed E-state index contributed by atoms with van der Waals surface area (Å²) in [6.07, 6.45) is 3.97. The van der Waals surface area contributed by atoms with Crippen molar-refractivity contribution < 1.29 is 4.79 Å². The molecule has 0 fully saturated rings. The van der Waals surface area contributed by atoms with Crippen LogP contribution in [-0.2, 0) is 13.0 Å². The van der Waals surface area contributed by atoms with E-state index < -0.39 is 0 Å². The van der Waals surface area contributed by atoms with Gasteiger partial charge >= 0.3 is 0 Å². The summed E-state index contributed by atoms with van der Waals surface area (Å²) >= 11 is 1.59. The summed E-state index contributed by atoms with van der Waals surface area (Å²) in [5.41, 5.74) is 3.29. The molecule has 0 saturated carbocycles. The molecular formula is C27H22N4O2S. The van der Waals surface area contributed by atoms with E-state index in [-0.39, 0.29) is 11.5 Å². The highest BCUT2D eigenvalue weighted by molar-refractivity contribution is 7.13. The summed E-state index contributed by atoms with van der Waals surface area (Å²) < 4.78 is 1.80. The maximum atomic E-state index is 13.4. The molecule has 0 bridgehead atoms. The molecule has 6 rings (SSSR count). The van der Waals surface area contributed by atoms with Crippen LogP contribution in [0.25, 0.3) is 32.4 Å². The maximum Gasteiger partial charge on any atom is 0.261 e. The Hall–Kier alpha value is -3.84. The van der Waals surface area contributed by atoms with Crippen molar-refractivity contribution in [2.75, 3.05) is 5.32 Å². The number of carbonyl (C=O) groups excluding carboxylic acids is 1. The molecule has 5 aromatic rings. The molecular weight excluding hydrogens is 444 g/mol. The van der Waals surface area contributed by atoms with E-state index in [1.165, 1.54) is 0 Å². The van der Waals surface area contributed by atoms with Crippen LogP contribution in [0, 0.1) is 0 Å². The van der Waals surface area contributed by atoms with E-state index in [2.05, 4.69) is 5.32 Å². The van der Waals surface area contributed by atoms with Gasteiger partial charge in [-0.25, -0.2) is 9.97 Å². The number of pyridine rings is 1. The summed E-state index contributed by atoms with van der Waals surface area (Å²) in [6, 6.07) is 18.8. The van der Waals surface area contributed by atoms with Gasteiger partial charge in [0.2, 0.25) is 0 Å². The third kappa shape index (κ3) is 3.68. The number of anilines is 1. The fourth-order valence-electron chi connectivity index (χ4n) is 4.61. The van der Waals surface area contributed by atoms with Crippen LogP contribution in [0.2, 0.25) is 0 Å². The molecule has 3 aromatic heterocycles. The first-order chi connectivity index (χ1) is 16.7. The number of aryl methyl sites for hydroxylation is 1. The van der Waals surface area contributed by atoms with Crippen LogP contribution in [0.15, 0.2) is 70.8 Å². The number of thiophene rings is 1. The summed E-state index contributed by atoms with van der Waals surface area (Å²) in [6.45, 7) is 0.697. The Morgan fingerprint density at radius 3 is 2.68 bits per heavy atom. The zero-order chi connectivity index (χ0) is 23.1. The summed E-state index contributed by atoms with van der Waals surface area (Å²) in [4.78, 5) is 37.1. The second-order valence-electron chi connectivity index (χ2n) is 8.53. The Kier molecular flexibility index (Phi) is 5.19. The maximum absolute atomic E-state index is 13.4. The van der Waals surface area contributed by atoms with E-state index in [0.717, 1.165) is 53.0 Å². The standard InChI is InChI=1S/C27H22N4O2S/c32-26(19-16-23(24-9-6-14-34-24)29-21-8-4-3-7-18(19)21)28-17-11-12-22-20(15-17)27(33)31-13-5-1-2-10-25(31)30-22/h3-4,6-9,11-12,14-16H,1-2,5,10,13H2,(H,28,32). The van der Waals surface area contributed by atoms with Crippen molar-refractivity contribution in [3.63, 3.8) is 0 Å². The molecule has 34 heavy (non-hydrogen) atoms. The Bertz CT molecular complexity index is 1610. The van der Waals surface area contributed by atoms with Gasteiger partial charge in [-0.05, 0) is 54.6 Å². The van der Waals surface area contributed by atoms with Gasteiger partial charge in [0.05, 0.1) is 32.6 Å². The van der Waals surface area contributed by atoms with Gasteiger partial charge < -0.3 is 5.32 Å². The van der Waals surface area contributed by atoms with Crippen molar-refractivity contribution in [3.05, 3.63) is 87.8 Å². The van der Waals surface area contributed by atoms with Crippen LogP contribution >= 0.6 is 11.3 Å². The molecule has 4 heterocycles. The highest BCUT2D eigenvalue weighted by Gasteiger charge is 2.17. The lowest BCUT2D eigenvalue weighted by Crippen LogP contribution is -2.24. The monoisotopic (exact) mass is 466 g/mol. The van der Waals surface area contributed by atoms with Gasteiger partial charge in [0.1, 0.15) is 5.82 Å². The number of amides is 1. The molecule has 0 unspecified atom stereocenters. The van der Waals surface area contributed by atoms with Crippen molar-refractivity contribution in [2.45, 2.75) is 32.2 Å². The first-order valence-electron chi connectivity index (χ1n) is 11.5. The molecule has 0 spiro atoms. The highest BCUT2D eigenvalue weighted by Crippen LogP contribution is 2.28. The van der Waals surface area contributed by atoms with Gasteiger partial charge in [-0.3, -0.25) is 14.2 Å². The van der Waals surface area contributed by atoms with Crippen molar-refractivity contribution in [2.24, 2.45) is 0 Å². The van der Waals surface area contributed by atoms with E-state index in [1.807, 2.05) is 60.0 Å². The van der Waals surface area contributed by atoms with E-state index in [0.29, 0.717) is 28.7 Å². The zero-order valence-electron chi connectivity index (χ0n) is 18.5. The predicted molar refractivity (Wildman–Crippen MR) is 137 cm³/mol. The second kappa shape index (κ2) is 8.50. The molecule has 0 radical (unpaired) electrons. The summed E-state index contributed by atoms with van der Waals surface area (Å²) in [5, 5.41) is 6.30. The van der Waals surface area contributed by atoms with Crippen molar-refractivity contribution >= 4 is 44.7 Å². The van der Waals surface area contributed by atoms with Crippen LogP contribution in [-0.4, -0.2) is 20.4 Å². The van der Waals surface area contributed by atoms with Crippen LogP contribution < -0.4 is 10.9 Å². The quantitative estimate of drug-likeness (QED) is 0.373. The van der Waals surface area contributed by atoms with Crippen LogP contribution in [0.1, 0.15) is 35.4 Å². The van der Waals surface area contributed by atoms with E-state index in [4.69, 9.17) is 9.97 Å². The van der Waals surface area contributed by atoms with Crippen LogP contribution in [0.5, 0.6) is 0 Å². The third-order valence-electron chi connectivity index (χ3n) is 6.31. The smallest absolute Gasteiger partial charge is 0.261 e. The SMILES string of the molecule is O=C(Nc1ccc2nc3n(c(=O)c2c1)CCCCC3)c1cc(-c2cccs2)nc2ccccc12. The molecule has 1 aliphatic heterocycles. The number of carbonyl (C=O) groups is 1. The largest absolute Gasteiger partial charge is 0.322 e. The van der Waals surface area contributed by atoms with Crippen molar-refractivity contribution in [3.8, 4) is 10.6 Å². The first kappa shape index (κ1) is 20.7. The number of benzene rings is 2. The molecule has 1 aliphatic rings. The number of rotatable bonds is 3. The molecule has 1 amide bonds. The lowest BCUT2D eigenvalue weighted by Gasteiger charge is -2.12. The minimum Gasteiger partial charge on any atom is -0.322 e. The molecule has 0 saturated heterocycles. The molecule has 1 N–H and O–H groups in total. The predicted octanol–water partition coefficient (Wildman–Crippen LogP) is 5.65. The Labute approximate surface area is 199 Å². The number of nitrogens with one attached hydrogen (secondary N) is 1. The van der Waals surface area contributed by atoms with Crippen molar-refractivity contribution in [1.82, 2.24) is 14.5 Å². The Morgan fingerprint density at radius 2 is 1.79 bits per heavy atom. The number of para-hydroxylation sites is 1. The van der Waals surface area contributed by atoms with Gasteiger partial charge in [-0.2, -0.15) is 0 Å². The molecule has 168 valence electrons. The van der Waals surface area contributed by atoms with E-state index in [9.17, 15) is 9.59 Å². The molecule has 0 atom stereocenters. The minimum atomic E-state index is -0.237. The number of fused-ring (bicyclic) bond motifs is 3. The minimum absolute atomic E-state index is 0.0349. The number of nitrogens with zero attached hydrogens (tertiary/aromatic N) is 3. The summed E-state index contributed by atoms with van der Waals surface area (Å²) in [7, 11) is 0. The fourth-order valence-corrected chi connectivity index (χ4v) is 5.29. The first-order valence-corrected chi connectivity index (χ1v) is 12.3. The van der Waals surface area contributed by atoms with Gasteiger partial charge in [0.25, 0.3) is 11.5 Å². The van der Waals surface area contributed by atoms with Gasteiger partial charge in [-0.1, -0.05) is 30.7 Å². The average molecular weight is 467 g/mol. The molecule has 2 aromatic carbocycles. The van der Waals surface area contributed by atoms with E-state index in [1.54, 1.807) is 22.0 Å². The highest BCUT2D eigenvalue weighted by atomic mass is 32.1. The Balaban J connectivity index is 1.40. The van der Waals surface area contributed by atoms with Crippen molar-refractivity contribution in [1.29, 1.82) is 0 Å². The number of hydrogen-bond acceptors (Lipinski definition) is 5. The van der Waals surface area contributed by atoms with Crippen LogP contribution in [0.3, 0.4) is 0 Å². The van der Waals surface area contributed by atoms with Gasteiger partial charge in [0.15, 0.2) is 0 Å². The second-order valence-corrected chi connectivity index (χ2v) is 9.48. The fraction of sp³-hybridized carbons (Fsp3) is 0.185. The Morgan fingerprint density at radius 1 is 0.912 bits per heavy atom. The molecule has 6 nitrogen and oxygen atoms in total. The normalized spacial score (nSPS) is 13.5. The summed E-state index contributed by atoms with van der Waals surface area (Å²) in [5.74, 6) is 0.620. The zero-order valence-corrected chi connectivity index (χ0v) is 19.3. The lowest BCUT2D eigenvalue weighted by molar-refractivity contribution is 0.102. The molecule has 0 aliphatic carbocycles. The van der Waals surface area contributed by atoms with Gasteiger partial charge in [-0.15, -0.1) is 11.3 Å². The average Bonchev–Trinajstić information content (AvgIpc) is 3.30.